The van der Waals surface area contributed by atoms with Crippen molar-refractivity contribution in [2.45, 2.75) is 33.5 Å². The zero-order valence-electron chi connectivity index (χ0n) is 14.8. The molecule has 0 aliphatic carbocycles. The maximum atomic E-state index is 5.18. The van der Waals surface area contributed by atoms with Gasteiger partial charge in [-0.3, -0.25) is 0 Å². The van der Waals surface area contributed by atoms with E-state index < -0.39 is 0 Å². The van der Waals surface area contributed by atoms with Gasteiger partial charge in [-0.25, -0.2) is 4.99 Å². The molecule has 0 atom stereocenters. The molecule has 0 amide bonds. The van der Waals surface area contributed by atoms with Crippen LogP contribution in [0.2, 0.25) is 0 Å². The number of methoxy groups -OCH3 is 1. The van der Waals surface area contributed by atoms with Gasteiger partial charge in [0.05, 0.1) is 13.2 Å². The molecule has 0 saturated carbocycles. The summed E-state index contributed by atoms with van der Waals surface area (Å²) in [4.78, 5) is 4.67. The number of hydrogen-bond acceptors (Lipinski definition) is 2. The fourth-order valence-electron chi connectivity index (χ4n) is 2.39. The average Bonchev–Trinajstić information content (AvgIpc) is 2.59. The van der Waals surface area contributed by atoms with Gasteiger partial charge in [0.1, 0.15) is 0 Å². The number of hydrogen-bond donors (Lipinski definition) is 2. The molecule has 24 heavy (non-hydrogen) atoms. The lowest BCUT2D eigenvalue weighted by atomic mass is 10.1. The van der Waals surface area contributed by atoms with Crippen LogP contribution in [0.5, 0.6) is 0 Å². The summed E-state index contributed by atoms with van der Waals surface area (Å²) in [6, 6.07) is 16.9. The minimum atomic E-state index is 0.628. The molecule has 0 aromatic heterocycles. The van der Waals surface area contributed by atoms with Crippen molar-refractivity contribution in [3.8, 4) is 0 Å². The van der Waals surface area contributed by atoms with Gasteiger partial charge < -0.3 is 15.4 Å². The second-order valence-electron chi connectivity index (χ2n) is 5.79. The largest absolute Gasteiger partial charge is 0.380 e. The van der Waals surface area contributed by atoms with E-state index in [1.54, 1.807) is 7.11 Å². The maximum Gasteiger partial charge on any atom is 0.191 e. The average molecular weight is 325 g/mol. The van der Waals surface area contributed by atoms with Crippen molar-refractivity contribution >= 4 is 5.96 Å². The van der Waals surface area contributed by atoms with Gasteiger partial charge >= 0.3 is 0 Å². The van der Waals surface area contributed by atoms with Crippen molar-refractivity contribution in [1.29, 1.82) is 0 Å². The third-order valence-corrected chi connectivity index (χ3v) is 3.65. The molecule has 0 aliphatic heterocycles. The van der Waals surface area contributed by atoms with Crippen LogP contribution in [-0.2, 0) is 24.4 Å². The molecule has 2 rings (SSSR count). The smallest absolute Gasteiger partial charge is 0.191 e. The van der Waals surface area contributed by atoms with Gasteiger partial charge in [-0.2, -0.15) is 0 Å². The van der Waals surface area contributed by atoms with E-state index in [0.717, 1.165) is 19.0 Å². The van der Waals surface area contributed by atoms with Crippen molar-refractivity contribution in [2.24, 2.45) is 4.99 Å². The fraction of sp³-hybridized carbons (Fsp3) is 0.350. The van der Waals surface area contributed by atoms with Crippen LogP contribution in [0.1, 0.15) is 29.2 Å². The van der Waals surface area contributed by atoms with Crippen LogP contribution < -0.4 is 10.6 Å². The molecule has 0 heterocycles. The minimum absolute atomic E-state index is 0.628. The summed E-state index contributed by atoms with van der Waals surface area (Å²) >= 11 is 0. The van der Waals surface area contributed by atoms with Gasteiger partial charge in [0.2, 0.25) is 0 Å². The van der Waals surface area contributed by atoms with Crippen molar-refractivity contribution in [1.82, 2.24) is 10.6 Å². The Morgan fingerprint density at radius 3 is 2.46 bits per heavy atom. The number of aliphatic imine (C=N–C) groups is 1. The Morgan fingerprint density at radius 2 is 1.75 bits per heavy atom. The van der Waals surface area contributed by atoms with Crippen LogP contribution in [0.25, 0.3) is 0 Å². The first-order chi connectivity index (χ1) is 11.7. The van der Waals surface area contributed by atoms with E-state index in [0.29, 0.717) is 13.2 Å². The number of nitrogens with zero attached hydrogens (tertiary/aromatic N) is 1. The summed E-state index contributed by atoms with van der Waals surface area (Å²) in [7, 11) is 1.71. The fourth-order valence-corrected chi connectivity index (χ4v) is 2.39. The summed E-state index contributed by atoms with van der Waals surface area (Å²) in [6.45, 7) is 7.03. The quantitative estimate of drug-likeness (QED) is 0.606. The third-order valence-electron chi connectivity index (χ3n) is 3.65. The van der Waals surface area contributed by atoms with Crippen molar-refractivity contribution < 1.29 is 4.74 Å². The van der Waals surface area contributed by atoms with E-state index in [9.17, 15) is 0 Å². The molecule has 0 bridgehead atoms. The number of benzene rings is 2. The monoisotopic (exact) mass is 325 g/mol. The van der Waals surface area contributed by atoms with Crippen molar-refractivity contribution in [3.63, 3.8) is 0 Å². The molecule has 128 valence electrons. The molecule has 0 aliphatic rings. The van der Waals surface area contributed by atoms with Crippen LogP contribution in [0.15, 0.2) is 53.5 Å². The predicted octanol–water partition coefficient (Wildman–Crippen LogP) is 3.40. The summed E-state index contributed by atoms with van der Waals surface area (Å²) in [6.07, 6.45) is 0. The van der Waals surface area contributed by atoms with Gasteiger partial charge in [0, 0.05) is 20.2 Å². The standard InChI is InChI=1S/C20H27N3O/c1-4-21-20(22-13-17-10-8-16(2)9-11-17)23-14-18-6-5-7-19(12-18)15-24-3/h5-12H,4,13-15H2,1-3H3,(H2,21,22,23). The lowest BCUT2D eigenvalue weighted by Crippen LogP contribution is -2.36. The summed E-state index contributed by atoms with van der Waals surface area (Å²) in [5.41, 5.74) is 4.86. The van der Waals surface area contributed by atoms with Crippen LogP contribution in [0.4, 0.5) is 0 Å². The lowest BCUT2D eigenvalue weighted by Gasteiger charge is -2.12. The maximum absolute atomic E-state index is 5.18. The molecule has 0 unspecified atom stereocenters. The molecule has 4 nitrogen and oxygen atoms in total. The van der Waals surface area contributed by atoms with Gasteiger partial charge in [-0.05, 0) is 30.5 Å². The molecular formula is C20H27N3O. The van der Waals surface area contributed by atoms with Crippen molar-refractivity contribution in [2.75, 3.05) is 13.7 Å². The highest BCUT2D eigenvalue weighted by molar-refractivity contribution is 5.79. The second-order valence-corrected chi connectivity index (χ2v) is 5.79. The normalized spacial score (nSPS) is 11.4. The van der Waals surface area contributed by atoms with Gasteiger partial charge in [-0.1, -0.05) is 54.1 Å². The van der Waals surface area contributed by atoms with Crippen LogP contribution in [-0.4, -0.2) is 19.6 Å². The Hall–Kier alpha value is -2.33. The van der Waals surface area contributed by atoms with Crippen LogP contribution in [0, 0.1) is 6.92 Å². The molecule has 0 fully saturated rings. The summed E-state index contributed by atoms with van der Waals surface area (Å²) in [5, 5.41) is 6.67. The second kappa shape index (κ2) is 9.73. The Balaban J connectivity index is 1.96. The van der Waals surface area contributed by atoms with Gasteiger partial charge in [0.15, 0.2) is 5.96 Å². The third kappa shape index (κ3) is 6.05. The Labute approximate surface area is 145 Å². The first-order valence-corrected chi connectivity index (χ1v) is 8.35. The molecule has 2 aromatic carbocycles. The van der Waals surface area contributed by atoms with Gasteiger partial charge in [0.25, 0.3) is 0 Å². The highest BCUT2D eigenvalue weighted by atomic mass is 16.5. The predicted molar refractivity (Wildman–Crippen MR) is 100.0 cm³/mol. The number of nitrogens with one attached hydrogen (secondary N) is 2. The summed E-state index contributed by atoms with van der Waals surface area (Å²) < 4.78 is 5.18. The molecule has 0 spiro atoms. The van der Waals surface area contributed by atoms with E-state index in [1.807, 2.05) is 6.07 Å². The molecule has 2 aromatic rings. The SMILES string of the molecule is CCNC(=NCc1cccc(COC)c1)NCc1ccc(C)cc1. The Bertz CT molecular complexity index is 650. The number of rotatable bonds is 7. The minimum Gasteiger partial charge on any atom is -0.380 e. The zero-order valence-corrected chi connectivity index (χ0v) is 14.8. The van der Waals surface area contributed by atoms with Gasteiger partial charge in [-0.15, -0.1) is 0 Å². The highest BCUT2D eigenvalue weighted by Gasteiger charge is 2.00. The Morgan fingerprint density at radius 1 is 1.00 bits per heavy atom. The van der Waals surface area contributed by atoms with E-state index in [2.05, 4.69) is 71.9 Å². The molecule has 2 N–H and O–H groups in total. The highest BCUT2D eigenvalue weighted by Crippen LogP contribution is 2.08. The Kier molecular flexibility index (Phi) is 7.30. The number of aryl methyl sites for hydroxylation is 1. The lowest BCUT2D eigenvalue weighted by molar-refractivity contribution is 0.185. The first-order valence-electron chi connectivity index (χ1n) is 8.35. The zero-order chi connectivity index (χ0) is 17.2. The van der Waals surface area contributed by atoms with Crippen LogP contribution >= 0.6 is 0 Å². The van der Waals surface area contributed by atoms with E-state index >= 15 is 0 Å². The van der Waals surface area contributed by atoms with E-state index in [1.165, 1.54) is 22.3 Å². The topological polar surface area (TPSA) is 45.7 Å². The molecule has 4 heteroatoms. The van der Waals surface area contributed by atoms with E-state index in [4.69, 9.17) is 4.74 Å². The summed E-state index contributed by atoms with van der Waals surface area (Å²) in [5.74, 6) is 0.829. The van der Waals surface area contributed by atoms with Crippen molar-refractivity contribution in [3.05, 3.63) is 70.8 Å². The van der Waals surface area contributed by atoms with Crippen LogP contribution in [0.3, 0.4) is 0 Å². The molecular weight excluding hydrogens is 298 g/mol. The number of ether oxygens (including phenoxy) is 1. The first kappa shape index (κ1) is 18.0. The number of guanidine groups is 1. The van der Waals surface area contributed by atoms with E-state index in [-0.39, 0.29) is 0 Å². The molecule has 0 saturated heterocycles. The molecule has 0 radical (unpaired) electrons.